The van der Waals surface area contributed by atoms with Gasteiger partial charge in [0.1, 0.15) is 5.75 Å². The Balaban J connectivity index is 1.41. The molecule has 0 bridgehead atoms. The third kappa shape index (κ3) is 4.81. The van der Waals surface area contributed by atoms with Crippen molar-refractivity contribution in [3.8, 4) is 5.75 Å². The second-order valence-corrected chi connectivity index (χ2v) is 8.30. The second-order valence-electron chi connectivity index (χ2n) is 8.30. The van der Waals surface area contributed by atoms with E-state index in [2.05, 4.69) is 47.4 Å². The molecule has 0 N–H and O–H groups in total. The zero-order valence-electron chi connectivity index (χ0n) is 17.5. The number of carbonyl (C=O) groups excluding carboxylic acids is 1. The van der Waals surface area contributed by atoms with Gasteiger partial charge in [0.25, 0.3) is 0 Å². The smallest absolute Gasteiger partial charge is 0.226 e. The van der Waals surface area contributed by atoms with Crippen LogP contribution in [-0.2, 0) is 11.2 Å². The van der Waals surface area contributed by atoms with Crippen molar-refractivity contribution in [1.82, 2.24) is 4.90 Å². The van der Waals surface area contributed by atoms with Crippen LogP contribution in [0.25, 0.3) is 0 Å². The molecule has 154 valence electrons. The van der Waals surface area contributed by atoms with E-state index in [1.54, 1.807) is 7.11 Å². The molecule has 0 spiro atoms. The molecule has 0 aliphatic carbocycles. The average Bonchev–Trinajstić information content (AvgIpc) is 2.78. The third-order valence-corrected chi connectivity index (χ3v) is 6.37. The summed E-state index contributed by atoms with van der Waals surface area (Å²) in [6.45, 7) is 4.15. The van der Waals surface area contributed by atoms with E-state index in [-0.39, 0.29) is 5.91 Å². The van der Waals surface area contributed by atoms with Crippen LogP contribution in [0.5, 0.6) is 5.75 Å². The lowest BCUT2D eigenvalue weighted by molar-refractivity contribution is -0.119. The molecule has 0 aromatic heterocycles. The van der Waals surface area contributed by atoms with Gasteiger partial charge < -0.3 is 14.5 Å². The van der Waals surface area contributed by atoms with Crippen molar-refractivity contribution in [3.05, 3.63) is 59.7 Å². The topological polar surface area (TPSA) is 32.8 Å². The quantitative estimate of drug-likeness (QED) is 0.718. The van der Waals surface area contributed by atoms with Gasteiger partial charge in [-0.3, -0.25) is 4.79 Å². The van der Waals surface area contributed by atoms with Gasteiger partial charge in [0.15, 0.2) is 0 Å². The molecule has 2 aliphatic rings. The number of hydrogen-bond acceptors (Lipinski definition) is 3. The number of hydrogen-bond donors (Lipinski definition) is 0. The van der Waals surface area contributed by atoms with E-state index in [1.807, 2.05) is 11.0 Å². The van der Waals surface area contributed by atoms with E-state index < -0.39 is 0 Å². The Morgan fingerprint density at radius 2 is 1.93 bits per heavy atom. The molecule has 4 heteroatoms. The number of benzene rings is 2. The Hall–Kier alpha value is -2.33. The van der Waals surface area contributed by atoms with E-state index in [0.717, 1.165) is 56.9 Å². The van der Waals surface area contributed by atoms with Crippen LogP contribution in [0.4, 0.5) is 5.69 Å². The molecule has 2 heterocycles. The van der Waals surface area contributed by atoms with E-state index in [1.165, 1.54) is 24.0 Å². The molecule has 0 radical (unpaired) electrons. The van der Waals surface area contributed by atoms with Crippen LogP contribution in [0.2, 0.25) is 0 Å². The van der Waals surface area contributed by atoms with Gasteiger partial charge in [-0.25, -0.2) is 0 Å². The standard InChI is InChI=1S/C25H32N2O2/c1-29-23-11-6-9-21(18-23)22-10-7-15-26(19-22)17-14-20-8-2-3-12-24(20)27-16-5-4-13-25(27)28/h2-3,6,8-9,11-12,18,22H,4-5,7,10,13-17,19H2,1H3. The summed E-state index contributed by atoms with van der Waals surface area (Å²) in [4.78, 5) is 17.0. The summed E-state index contributed by atoms with van der Waals surface area (Å²) in [6.07, 6.45) is 6.27. The number of para-hydroxylation sites is 1. The zero-order valence-corrected chi connectivity index (χ0v) is 17.5. The maximum absolute atomic E-state index is 12.4. The van der Waals surface area contributed by atoms with Crippen molar-refractivity contribution >= 4 is 11.6 Å². The lowest BCUT2D eigenvalue weighted by Gasteiger charge is -2.34. The highest BCUT2D eigenvalue weighted by atomic mass is 16.5. The van der Waals surface area contributed by atoms with Crippen molar-refractivity contribution in [3.63, 3.8) is 0 Å². The first kappa shape index (κ1) is 20.0. The Kier molecular flexibility index (Phi) is 6.50. The van der Waals surface area contributed by atoms with E-state index in [0.29, 0.717) is 12.3 Å². The molecule has 1 unspecified atom stereocenters. The second kappa shape index (κ2) is 9.45. The Labute approximate surface area is 174 Å². The van der Waals surface area contributed by atoms with Crippen LogP contribution in [-0.4, -0.2) is 44.1 Å². The molecule has 2 fully saturated rings. The van der Waals surface area contributed by atoms with Crippen LogP contribution < -0.4 is 9.64 Å². The average molecular weight is 393 g/mol. The van der Waals surface area contributed by atoms with Gasteiger partial charge in [0.2, 0.25) is 5.91 Å². The lowest BCUT2D eigenvalue weighted by Crippen LogP contribution is -2.37. The van der Waals surface area contributed by atoms with Gasteiger partial charge in [-0.1, -0.05) is 30.3 Å². The predicted octanol–water partition coefficient (Wildman–Crippen LogP) is 4.63. The summed E-state index contributed by atoms with van der Waals surface area (Å²) in [5, 5.41) is 0. The first-order valence-electron chi connectivity index (χ1n) is 11.0. The summed E-state index contributed by atoms with van der Waals surface area (Å²) in [5.74, 6) is 1.79. The Morgan fingerprint density at radius 3 is 2.79 bits per heavy atom. The molecule has 0 saturated carbocycles. The summed E-state index contributed by atoms with van der Waals surface area (Å²) < 4.78 is 5.41. The van der Waals surface area contributed by atoms with Crippen LogP contribution in [0.3, 0.4) is 0 Å². The van der Waals surface area contributed by atoms with Crippen molar-refractivity contribution in [1.29, 1.82) is 0 Å². The van der Waals surface area contributed by atoms with E-state index in [9.17, 15) is 4.79 Å². The molecule has 2 saturated heterocycles. The Bertz CT molecular complexity index is 835. The number of carbonyl (C=O) groups is 1. The molecular weight excluding hydrogens is 360 g/mol. The zero-order chi connectivity index (χ0) is 20.1. The molecule has 2 aliphatic heterocycles. The number of likely N-dealkylation sites (tertiary alicyclic amines) is 1. The fourth-order valence-electron chi connectivity index (χ4n) is 4.75. The molecule has 4 rings (SSSR count). The first-order valence-corrected chi connectivity index (χ1v) is 11.0. The summed E-state index contributed by atoms with van der Waals surface area (Å²) in [7, 11) is 1.73. The van der Waals surface area contributed by atoms with Gasteiger partial charge in [0.05, 0.1) is 7.11 Å². The molecule has 4 nitrogen and oxygen atoms in total. The van der Waals surface area contributed by atoms with Gasteiger partial charge >= 0.3 is 0 Å². The monoisotopic (exact) mass is 392 g/mol. The number of ether oxygens (including phenoxy) is 1. The highest BCUT2D eigenvalue weighted by molar-refractivity contribution is 5.94. The maximum Gasteiger partial charge on any atom is 0.226 e. The predicted molar refractivity (Wildman–Crippen MR) is 118 cm³/mol. The molecule has 2 aromatic rings. The third-order valence-electron chi connectivity index (χ3n) is 6.37. The van der Waals surface area contributed by atoms with E-state index >= 15 is 0 Å². The number of anilines is 1. The largest absolute Gasteiger partial charge is 0.497 e. The highest BCUT2D eigenvalue weighted by Gasteiger charge is 2.24. The van der Waals surface area contributed by atoms with Crippen molar-refractivity contribution in [2.45, 2.75) is 44.4 Å². The number of rotatable bonds is 6. The molecule has 1 atom stereocenters. The van der Waals surface area contributed by atoms with Crippen LogP contribution in [0.15, 0.2) is 48.5 Å². The maximum atomic E-state index is 12.4. The number of methoxy groups -OCH3 is 1. The molecule has 29 heavy (non-hydrogen) atoms. The Morgan fingerprint density at radius 1 is 1.03 bits per heavy atom. The van der Waals surface area contributed by atoms with E-state index in [4.69, 9.17) is 4.74 Å². The van der Waals surface area contributed by atoms with Crippen molar-refractivity contribution in [2.24, 2.45) is 0 Å². The fraction of sp³-hybridized carbons (Fsp3) is 0.480. The summed E-state index contributed by atoms with van der Waals surface area (Å²) >= 11 is 0. The lowest BCUT2D eigenvalue weighted by atomic mass is 9.90. The van der Waals surface area contributed by atoms with Gasteiger partial charge in [-0.2, -0.15) is 0 Å². The fourth-order valence-corrected chi connectivity index (χ4v) is 4.75. The molecule has 1 amide bonds. The summed E-state index contributed by atoms with van der Waals surface area (Å²) in [5.41, 5.74) is 3.80. The SMILES string of the molecule is COc1cccc(C2CCCN(CCc3ccccc3N3CCCCC3=O)C2)c1. The summed E-state index contributed by atoms with van der Waals surface area (Å²) in [6, 6.07) is 17.0. The minimum atomic E-state index is 0.278. The van der Waals surface area contributed by atoms with Crippen LogP contribution in [0.1, 0.15) is 49.1 Å². The number of amides is 1. The number of piperidine rings is 2. The van der Waals surface area contributed by atoms with Gasteiger partial charge in [-0.05, 0) is 73.9 Å². The van der Waals surface area contributed by atoms with Crippen molar-refractivity contribution < 1.29 is 9.53 Å². The molecular formula is C25H32N2O2. The van der Waals surface area contributed by atoms with Crippen molar-refractivity contribution in [2.75, 3.05) is 38.2 Å². The van der Waals surface area contributed by atoms with Gasteiger partial charge in [-0.15, -0.1) is 0 Å². The highest BCUT2D eigenvalue weighted by Crippen LogP contribution is 2.30. The van der Waals surface area contributed by atoms with Crippen LogP contribution >= 0.6 is 0 Å². The minimum Gasteiger partial charge on any atom is -0.497 e. The first-order chi connectivity index (χ1) is 14.2. The van der Waals surface area contributed by atoms with Gasteiger partial charge in [0, 0.05) is 31.7 Å². The number of nitrogens with zero attached hydrogens (tertiary/aromatic N) is 2. The minimum absolute atomic E-state index is 0.278. The molecule has 2 aromatic carbocycles. The van der Waals surface area contributed by atoms with Crippen LogP contribution in [0, 0.1) is 0 Å². The normalized spacial score (nSPS) is 20.7.